The van der Waals surface area contributed by atoms with E-state index in [1.54, 1.807) is 12.4 Å². The van der Waals surface area contributed by atoms with Gasteiger partial charge in [0.2, 0.25) is 0 Å². The van der Waals surface area contributed by atoms with Gasteiger partial charge in [0.05, 0.1) is 22.1 Å². The number of hydrogen-bond donors (Lipinski definition) is 0. The van der Waals surface area contributed by atoms with Crippen LogP contribution in [0.2, 0.25) is 0 Å². The highest BCUT2D eigenvalue weighted by molar-refractivity contribution is 5.96. The molecule has 0 amide bonds. The molecule has 0 fully saturated rings. The third kappa shape index (κ3) is 0.625. The average Bonchev–Trinajstić information content (AvgIpc) is 2.64. The first-order chi connectivity index (χ1) is 5.93. The molecule has 0 atom stereocenters. The molecule has 3 rings (SSSR count). The van der Waals surface area contributed by atoms with E-state index in [2.05, 4.69) is 15.0 Å². The normalized spacial score (nSPS) is 15.3. The first-order valence-electron chi connectivity index (χ1n) is 3.73. The molecule has 0 unspecified atom stereocenters. The van der Waals surface area contributed by atoms with Gasteiger partial charge in [0.25, 0.3) is 0 Å². The SMILES string of the molecule is C1=Cc2nc3c(cc2=N1)N=CC=3. The van der Waals surface area contributed by atoms with Gasteiger partial charge < -0.3 is 0 Å². The molecular formula is C9H5N3. The molecule has 0 aliphatic carbocycles. The van der Waals surface area contributed by atoms with Crippen molar-refractivity contribution in [3.8, 4) is 0 Å². The van der Waals surface area contributed by atoms with Gasteiger partial charge in [-0.15, -0.1) is 0 Å². The van der Waals surface area contributed by atoms with E-state index in [9.17, 15) is 0 Å². The maximum atomic E-state index is 4.37. The molecule has 0 radical (unpaired) electrons. The van der Waals surface area contributed by atoms with Crippen LogP contribution in [0.25, 0.3) is 12.2 Å². The Bertz CT molecular complexity index is 474. The highest BCUT2D eigenvalue weighted by Crippen LogP contribution is 2.06. The molecule has 3 nitrogen and oxygen atoms in total. The van der Waals surface area contributed by atoms with Crippen LogP contribution in [0.15, 0.2) is 22.3 Å². The van der Waals surface area contributed by atoms with Gasteiger partial charge in [0.1, 0.15) is 0 Å². The van der Waals surface area contributed by atoms with E-state index in [4.69, 9.17) is 0 Å². The Morgan fingerprint density at radius 1 is 1.25 bits per heavy atom. The van der Waals surface area contributed by atoms with Gasteiger partial charge in [-0.05, 0) is 18.2 Å². The minimum Gasteiger partial charge on any atom is -0.254 e. The van der Waals surface area contributed by atoms with Crippen molar-refractivity contribution in [1.82, 2.24) is 4.98 Å². The molecule has 1 aromatic rings. The fraction of sp³-hybridized carbons (Fsp3) is 0. The molecule has 3 heteroatoms. The van der Waals surface area contributed by atoms with E-state index in [1.165, 1.54) is 0 Å². The summed E-state index contributed by atoms with van der Waals surface area (Å²) < 4.78 is 0. The summed E-state index contributed by atoms with van der Waals surface area (Å²) in [5, 5.41) is 1.86. The van der Waals surface area contributed by atoms with Gasteiger partial charge in [-0.1, -0.05) is 0 Å². The first kappa shape index (κ1) is 5.83. The fourth-order valence-electron chi connectivity index (χ4n) is 1.35. The van der Waals surface area contributed by atoms with Gasteiger partial charge in [0, 0.05) is 12.4 Å². The molecule has 12 heavy (non-hydrogen) atoms. The molecule has 2 aliphatic heterocycles. The van der Waals surface area contributed by atoms with Crippen LogP contribution in [0, 0.1) is 0 Å². The minimum atomic E-state index is 0.918. The van der Waals surface area contributed by atoms with Crippen molar-refractivity contribution in [1.29, 1.82) is 0 Å². The number of hydrogen-bond acceptors (Lipinski definition) is 3. The third-order valence-electron chi connectivity index (χ3n) is 1.93. The van der Waals surface area contributed by atoms with E-state index in [0.29, 0.717) is 0 Å². The number of aliphatic imine (C=N–C) groups is 1. The molecule has 0 saturated heterocycles. The molecule has 0 bridgehead atoms. The van der Waals surface area contributed by atoms with Crippen molar-refractivity contribution in [2.45, 2.75) is 0 Å². The highest BCUT2D eigenvalue weighted by Gasteiger charge is 2.05. The van der Waals surface area contributed by atoms with E-state index >= 15 is 0 Å². The largest absolute Gasteiger partial charge is 0.254 e. The van der Waals surface area contributed by atoms with Crippen LogP contribution in [0.5, 0.6) is 0 Å². The van der Waals surface area contributed by atoms with Crippen LogP contribution in [0.3, 0.4) is 0 Å². The lowest BCUT2D eigenvalue weighted by atomic mass is 10.3. The molecule has 3 heterocycles. The Morgan fingerprint density at radius 2 is 2.25 bits per heavy atom. The van der Waals surface area contributed by atoms with Crippen LogP contribution < -0.4 is 10.7 Å². The van der Waals surface area contributed by atoms with E-state index in [1.807, 2.05) is 18.2 Å². The van der Waals surface area contributed by atoms with Gasteiger partial charge in [-0.25, -0.2) is 4.98 Å². The first-order valence-corrected chi connectivity index (χ1v) is 3.73. The second-order valence-electron chi connectivity index (χ2n) is 2.69. The minimum absolute atomic E-state index is 0.918. The maximum absolute atomic E-state index is 4.37. The molecule has 0 saturated carbocycles. The summed E-state index contributed by atoms with van der Waals surface area (Å²) in [4.78, 5) is 12.7. The summed E-state index contributed by atoms with van der Waals surface area (Å²) in [6.07, 6.45) is 7.33. The Labute approximate surface area is 68.5 Å². The van der Waals surface area contributed by atoms with Crippen LogP contribution in [0.1, 0.15) is 5.69 Å². The summed E-state index contributed by atoms with van der Waals surface area (Å²) in [5.41, 5.74) is 1.86. The Morgan fingerprint density at radius 3 is 3.25 bits per heavy atom. The van der Waals surface area contributed by atoms with Crippen molar-refractivity contribution in [3.63, 3.8) is 0 Å². The lowest BCUT2D eigenvalue weighted by molar-refractivity contribution is 1.18. The number of aromatic nitrogens is 1. The van der Waals surface area contributed by atoms with Crippen molar-refractivity contribution in [2.75, 3.05) is 0 Å². The smallest absolute Gasteiger partial charge is 0.0910 e. The van der Waals surface area contributed by atoms with Crippen molar-refractivity contribution >= 4 is 24.1 Å². The predicted octanol–water partition coefficient (Wildman–Crippen LogP) is 0.182. The Kier molecular flexibility index (Phi) is 0.913. The number of fused-ring (bicyclic) bond motifs is 2. The zero-order chi connectivity index (χ0) is 7.97. The number of rotatable bonds is 0. The summed E-state index contributed by atoms with van der Waals surface area (Å²) in [6.45, 7) is 0. The molecule has 1 aromatic heterocycles. The highest BCUT2D eigenvalue weighted by atomic mass is 14.8. The van der Waals surface area contributed by atoms with Gasteiger partial charge in [0.15, 0.2) is 0 Å². The molecule has 2 aliphatic rings. The quantitative estimate of drug-likeness (QED) is 0.526. The van der Waals surface area contributed by atoms with Crippen molar-refractivity contribution in [2.24, 2.45) is 9.98 Å². The third-order valence-corrected chi connectivity index (χ3v) is 1.93. The van der Waals surface area contributed by atoms with E-state index < -0.39 is 0 Å². The Balaban J connectivity index is 2.50. The predicted molar refractivity (Wildman–Crippen MR) is 46.7 cm³/mol. The monoisotopic (exact) mass is 155 g/mol. The van der Waals surface area contributed by atoms with Crippen molar-refractivity contribution < 1.29 is 0 Å². The fourth-order valence-corrected chi connectivity index (χ4v) is 1.35. The van der Waals surface area contributed by atoms with Crippen LogP contribution in [-0.2, 0) is 0 Å². The average molecular weight is 155 g/mol. The lowest BCUT2D eigenvalue weighted by Gasteiger charge is -1.91. The summed E-state index contributed by atoms with van der Waals surface area (Å²) in [7, 11) is 0. The van der Waals surface area contributed by atoms with E-state index in [-0.39, 0.29) is 0 Å². The van der Waals surface area contributed by atoms with Gasteiger partial charge >= 0.3 is 0 Å². The second kappa shape index (κ2) is 1.88. The topological polar surface area (TPSA) is 37.6 Å². The maximum Gasteiger partial charge on any atom is 0.0910 e. The van der Waals surface area contributed by atoms with Crippen LogP contribution >= 0.6 is 0 Å². The van der Waals surface area contributed by atoms with Gasteiger partial charge in [-0.2, -0.15) is 0 Å². The van der Waals surface area contributed by atoms with Crippen LogP contribution in [0.4, 0.5) is 5.69 Å². The van der Waals surface area contributed by atoms with Crippen LogP contribution in [-0.4, -0.2) is 11.2 Å². The number of nitrogens with zero attached hydrogens (tertiary/aromatic N) is 3. The standard InChI is InChI=1S/C9H5N3/c1-3-10-8-5-9-7(2-4-11-9)12-6(1)8/h1-5H. The molecule has 0 N–H and O–H groups in total. The molecular weight excluding hydrogens is 150 g/mol. The molecule has 0 spiro atoms. The molecule has 56 valence electrons. The molecule has 0 aromatic carbocycles. The summed E-state index contributed by atoms with van der Waals surface area (Å²) in [6, 6.07) is 1.96. The zero-order valence-electron chi connectivity index (χ0n) is 6.23. The zero-order valence-corrected chi connectivity index (χ0v) is 6.23. The Hall–Kier alpha value is -1.77. The van der Waals surface area contributed by atoms with E-state index in [0.717, 1.165) is 22.1 Å². The van der Waals surface area contributed by atoms with Crippen molar-refractivity contribution in [3.05, 3.63) is 28.7 Å². The second-order valence-corrected chi connectivity index (χ2v) is 2.69. The summed E-state index contributed by atoms with van der Waals surface area (Å²) in [5.74, 6) is 0. The lowest BCUT2D eigenvalue weighted by Crippen LogP contribution is -2.15. The summed E-state index contributed by atoms with van der Waals surface area (Å²) >= 11 is 0. The number of pyridine rings is 1. The van der Waals surface area contributed by atoms with Gasteiger partial charge in [-0.3, -0.25) is 9.98 Å².